The topological polar surface area (TPSA) is 77.7 Å². The minimum Gasteiger partial charge on any atom is -0.467 e. The number of carbonyl (C=O) groups is 1. The average Bonchev–Trinajstić information content (AvgIpc) is 3.07. The number of aliphatic hydroxyl groups is 1. The zero-order valence-electron chi connectivity index (χ0n) is 14.6. The molecule has 1 aromatic carbocycles. The molecule has 136 valence electrons. The van der Waals surface area contributed by atoms with Crippen molar-refractivity contribution >= 4 is 11.7 Å². The standard InChI is InChI=1S/C18H24FN3O3/c1-12(9-16(23)17-5-4-8-25-17)21-18(24)20-11-13-6-7-15(22(2)3)14(19)10-13/h4-8,10,12,16,23H,9,11H2,1-3H3,(H2,20,21,24). The van der Waals surface area contributed by atoms with Crippen molar-refractivity contribution in [2.24, 2.45) is 0 Å². The zero-order valence-corrected chi connectivity index (χ0v) is 14.6. The molecule has 1 aromatic heterocycles. The van der Waals surface area contributed by atoms with Crippen LogP contribution in [0.2, 0.25) is 0 Å². The first-order chi connectivity index (χ1) is 11.9. The van der Waals surface area contributed by atoms with Gasteiger partial charge in [-0.15, -0.1) is 0 Å². The quantitative estimate of drug-likeness (QED) is 0.718. The van der Waals surface area contributed by atoms with Crippen LogP contribution in [-0.2, 0) is 6.54 Å². The number of anilines is 1. The predicted molar refractivity (Wildman–Crippen MR) is 93.8 cm³/mol. The number of halogens is 1. The van der Waals surface area contributed by atoms with E-state index in [1.165, 1.54) is 12.3 Å². The number of hydrogen-bond donors (Lipinski definition) is 3. The van der Waals surface area contributed by atoms with Crippen molar-refractivity contribution in [2.45, 2.75) is 32.0 Å². The highest BCUT2D eigenvalue weighted by Gasteiger charge is 2.16. The van der Waals surface area contributed by atoms with E-state index in [1.54, 1.807) is 50.2 Å². The molecule has 0 bridgehead atoms. The lowest BCUT2D eigenvalue weighted by Crippen LogP contribution is -2.41. The van der Waals surface area contributed by atoms with E-state index in [2.05, 4.69) is 10.6 Å². The number of amides is 2. The molecule has 0 saturated carbocycles. The van der Waals surface area contributed by atoms with Crippen LogP contribution in [0.3, 0.4) is 0 Å². The number of aliphatic hydroxyl groups excluding tert-OH is 1. The van der Waals surface area contributed by atoms with Gasteiger partial charge in [0.1, 0.15) is 17.7 Å². The van der Waals surface area contributed by atoms with Gasteiger partial charge in [-0.1, -0.05) is 6.07 Å². The summed E-state index contributed by atoms with van der Waals surface area (Å²) >= 11 is 0. The van der Waals surface area contributed by atoms with Crippen molar-refractivity contribution in [3.05, 3.63) is 53.7 Å². The summed E-state index contributed by atoms with van der Waals surface area (Å²) in [6, 6.07) is 7.59. The molecular formula is C18H24FN3O3. The van der Waals surface area contributed by atoms with Gasteiger partial charge in [0.2, 0.25) is 0 Å². The second kappa shape index (κ2) is 8.53. The Hall–Kier alpha value is -2.54. The van der Waals surface area contributed by atoms with Crippen LogP contribution < -0.4 is 15.5 Å². The molecule has 0 radical (unpaired) electrons. The molecule has 2 atom stereocenters. The molecule has 2 unspecified atom stereocenters. The molecule has 0 aliphatic carbocycles. The number of benzene rings is 1. The summed E-state index contributed by atoms with van der Waals surface area (Å²) in [7, 11) is 3.53. The van der Waals surface area contributed by atoms with Crippen molar-refractivity contribution in [3.63, 3.8) is 0 Å². The van der Waals surface area contributed by atoms with E-state index in [0.717, 1.165) is 0 Å². The van der Waals surface area contributed by atoms with Gasteiger partial charge in [-0.3, -0.25) is 0 Å². The summed E-state index contributed by atoms with van der Waals surface area (Å²) in [6.45, 7) is 2.00. The lowest BCUT2D eigenvalue weighted by molar-refractivity contribution is 0.129. The fourth-order valence-corrected chi connectivity index (χ4v) is 2.47. The fourth-order valence-electron chi connectivity index (χ4n) is 2.47. The average molecular weight is 349 g/mol. The minimum atomic E-state index is -0.780. The van der Waals surface area contributed by atoms with Crippen molar-refractivity contribution in [1.29, 1.82) is 0 Å². The Balaban J connectivity index is 1.79. The number of nitrogens with zero attached hydrogens (tertiary/aromatic N) is 1. The van der Waals surface area contributed by atoms with Gasteiger partial charge in [-0.25, -0.2) is 9.18 Å². The van der Waals surface area contributed by atoms with E-state index in [1.807, 2.05) is 0 Å². The molecule has 2 aromatic rings. The summed E-state index contributed by atoms with van der Waals surface area (Å²) in [5, 5.41) is 15.4. The molecule has 3 N–H and O–H groups in total. The lowest BCUT2D eigenvalue weighted by atomic mass is 10.1. The number of hydrogen-bond acceptors (Lipinski definition) is 4. The van der Waals surface area contributed by atoms with Gasteiger partial charge >= 0.3 is 6.03 Å². The summed E-state index contributed by atoms with van der Waals surface area (Å²) < 4.78 is 19.0. The normalized spacial score (nSPS) is 13.2. The minimum absolute atomic E-state index is 0.212. The van der Waals surface area contributed by atoms with E-state index in [0.29, 0.717) is 23.4 Å². The highest BCUT2D eigenvalue weighted by molar-refractivity contribution is 5.74. The third-order valence-corrected chi connectivity index (χ3v) is 3.77. The molecule has 0 saturated heterocycles. The molecule has 7 heteroatoms. The van der Waals surface area contributed by atoms with Crippen LogP contribution in [0.25, 0.3) is 0 Å². The number of rotatable bonds is 7. The van der Waals surface area contributed by atoms with Gasteiger partial charge in [0.25, 0.3) is 0 Å². The molecule has 0 aliphatic rings. The van der Waals surface area contributed by atoms with Crippen LogP contribution in [-0.4, -0.2) is 31.3 Å². The molecule has 2 rings (SSSR count). The molecule has 0 spiro atoms. The number of carbonyl (C=O) groups excluding carboxylic acids is 1. The fraction of sp³-hybridized carbons (Fsp3) is 0.389. The smallest absolute Gasteiger partial charge is 0.315 e. The van der Waals surface area contributed by atoms with Crippen LogP contribution in [0.15, 0.2) is 41.0 Å². The van der Waals surface area contributed by atoms with Gasteiger partial charge < -0.3 is 25.1 Å². The third kappa shape index (κ3) is 5.49. The molecule has 1 heterocycles. The maximum atomic E-state index is 13.9. The van der Waals surface area contributed by atoms with Gasteiger partial charge in [0, 0.05) is 33.1 Å². The molecule has 0 aliphatic heterocycles. The highest BCUT2D eigenvalue weighted by atomic mass is 19.1. The largest absolute Gasteiger partial charge is 0.467 e. The molecule has 2 amide bonds. The van der Waals surface area contributed by atoms with Gasteiger partial charge in [-0.05, 0) is 36.8 Å². The Morgan fingerprint density at radius 1 is 1.36 bits per heavy atom. The molecule has 6 nitrogen and oxygen atoms in total. The first kappa shape index (κ1) is 18.8. The highest BCUT2D eigenvalue weighted by Crippen LogP contribution is 2.19. The SMILES string of the molecule is CC(CC(O)c1ccco1)NC(=O)NCc1ccc(N(C)C)c(F)c1. The lowest BCUT2D eigenvalue weighted by Gasteiger charge is -2.17. The van der Waals surface area contributed by atoms with E-state index in [4.69, 9.17) is 4.42 Å². The van der Waals surface area contributed by atoms with E-state index >= 15 is 0 Å². The van der Waals surface area contributed by atoms with Crippen molar-refractivity contribution in [1.82, 2.24) is 10.6 Å². The van der Waals surface area contributed by atoms with Gasteiger partial charge in [-0.2, -0.15) is 0 Å². The maximum absolute atomic E-state index is 13.9. The summed E-state index contributed by atoms with van der Waals surface area (Å²) in [5.41, 5.74) is 1.16. The second-order valence-electron chi connectivity index (χ2n) is 6.18. The number of nitrogens with one attached hydrogen (secondary N) is 2. The first-order valence-electron chi connectivity index (χ1n) is 8.08. The van der Waals surface area contributed by atoms with E-state index in [-0.39, 0.29) is 24.4 Å². The van der Waals surface area contributed by atoms with E-state index < -0.39 is 6.10 Å². The van der Waals surface area contributed by atoms with Crippen LogP contribution >= 0.6 is 0 Å². The third-order valence-electron chi connectivity index (χ3n) is 3.77. The Morgan fingerprint density at radius 2 is 2.12 bits per heavy atom. The Bertz CT molecular complexity index is 689. The molecule has 0 fully saturated rings. The Kier molecular flexibility index (Phi) is 6.41. The molecular weight excluding hydrogens is 325 g/mol. The first-order valence-corrected chi connectivity index (χ1v) is 8.08. The summed E-state index contributed by atoms with van der Waals surface area (Å²) in [5.74, 6) is 0.130. The second-order valence-corrected chi connectivity index (χ2v) is 6.18. The summed E-state index contributed by atoms with van der Waals surface area (Å²) in [4.78, 5) is 13.6. The predicted octanol–water partition coefficient (Wildman–Crippen LogP) is 2.80. The van der Waals surface area contributed by atoms with Gasteiger partial charge in [0.15, 0.2) is 0 Å². The maximum Gasteiger partial charge on any atom is 0.315 e. The van der Waals surface area contributed by atoms with Crippen LogP contribution in [0.4, 0.5) is 14.9 Å². The molecule has 25 heavy (non-hydrogen) atoms. The van der Waals surface area contributed by atoms with Crippen molar-refractivity contribution in [2.75, 3.05) is 19.0 Å². The Morgan fingerprint density at radius 3 is 2.72 bits per heavy atom. The Labute approximate surface area is 146 Å². The van der Waals surface area contributed by atoms with Crippen molar-refractivity contribution in [3.8, 4) is 0 Å². The van der Waals surface area contributed by atoms with Crippen molar-refractivity contribution < 1.29 is 18.7 Å². The monoisotopic (exact) mass is 349 g/mol. The van der Waals surface area contributed by atoms with Gasteiger partial charge in [0.05, 0.1) is 12.0 Å². The van der Waals surface area contributed by atoms with Crippen LogP contribution in [0, 0.1) is 5.82 Å². The number of furan rings is 1. The summed E-state index contributed by atoms with van der Waals surface area (Å²) in [6.07, 6.45) is 1.04. The van der Waals surface area contributed by atoms with Crippen LogP contribution in [0.5, 0.6) is 0 Å². The number of urea groups is 1. The zero-order chi connectivity index (χ0) is 18.4. The van der Waals surface area contributed by atoms with Crippen LogP contribution in [0.1, 0.15) is 30.8 Å². The van der Waals surface area contributed by atoms with E-state index in [9.17, 15) is 14.3 Å².